The lowest BCUT2D eigenvalue weighted by atomic mass is 10.2. The van der Waals surface area contributed by atoms with Crippen LogP contribution in [0.4, 0.5) is 17.5 Å². The first-order chi connectivity index (χ1) is 8.10. The highest BCUT2D eigenvalue weighted by atomic mass is 35.5. The summed E-state index contributed by atoms with van der Waals surface area (Å²) < 4.78 is 0. The summed E-state index contributed by atoms with van der Waals surface area (Å²) in [6.07, 6.45) is 3.58. The van der Waals surface area contributed by atoms with E-state index in [4.69, 9.17) is 28.2 Å². The highest BCUT2D eigenvalue weighted by Crippen LogP contribution is 2.28. The molecule has 1 aliphatic rings. The zero-order valence-corrected chi connectivity index (χ0v) is 9.91. The molecule has 0 saturated heterocycles. The molecule has 0 bridgehead atoms. The fourth-order valence-electron chi connectivity index (χ4n) is 1.79. The van der Waals surface area contributed by atoms with Crippen LogP contribution in [0.15, 0.2) is 11.6 Å². The Hall–Kier alpha value is -1.53. The molecule has 6 N–H and O–H groups in total. The third kappa shape index (κ3) is 2.59. The van der Waals surface area contributed by atoms with Crippen molar-refractivity contribution in [2.45, 2.75) is 18.9 Å². The van der Waals surface area contributed by atoms with Crippen molar-refractivity contribution in [2.24, 2.45) is 0 Å². The molecule has 1 aromatic heterocycles. The fraction of sp³-hybridized carbons (Fsp3) is 0.400. The average Bonchev–Trinajstić information content (AvgIpc) is 2.73. The number of hydrogen-bond donors (Lipinski definition) is 4. The van der Waals surface area contributed by atoms with Gasteiger partial charge in [0.15, 0.2) is 11.0 Å². The topological polar surface area (TPSA) is 110 Å². The predicted octanol–water partition coefficient (Wildman–Crippen LogP) is 0.787. The minimum absolute atomic E-state index is 0.0834. The van der Waals surface area contributed by atoms with E-state index in [1.165, 1.54) is 0 Å². The SMILES string of the molecule is Nc1nc(Cl)c(N)c(N[C@@H]2CC=C(CO)C2)n1. The molecule has 7 heteroatoms. The van der Waals surface area contributed by atoms with Crippen LogP contribution in [0.3, 0.4) is 0 Å². The van der Waals surface area contributed by atoms with Gasteiger partial charge in [-0.05, 0) is 18.4 Å². The number of rotatable bonds is 3. The van der Waals surface area contributed by atoms with Crippen LogP contribution in [0.1, 0.15) is 12.8 Å². The first kappa shape index (κ1) is 11.9. The summed E-state index contributed by atoms with van der Waals surface area (Å²) in [7, 11) is 0. The minimum atomic E-state index is 0.0834. The molecule has 17 heavy (non-hydrogen) atoms. The highest BCUT2D eigenvalue weighted by molar-refractivity contribution is 6.32. The number of nitrogen functional groups attached to an aromatic ring is 2. The largest absolute Gasteiger partial charge is 0.393 e. The molecule has 1 aliphatic carbocycles. The zero-order valence-electron chi connectivity index (χ0n) is 9.15. The van der Waals surface area contributed by atoms with Gasteiger partial charge in [-0.3, -0.25) is 0 Å². The molecule has 6 nitrogen and oxygen atoms in total. The van der Waals surface area contributed by atoms with Crippen molar-refractivity contribution in [1.29, 1.82) is 0 Å². The number of hydrogen-bond acceptors (Lipinski definition) is 6. The third-order valence-electron chi connectivity index (χ3n) is 2.66. The molecule has 0 radical (unpaired) electrons. The lowest BCUT2D eigenvalue weighted by Gasteiger charge is -2.15. The third-order valence-corrected chi connectivity index (χ3v) is 2.95. The molecule has 0 saturated carbocycles. The van der Waals surface area contributed by atoms with Crippen molar-refractivity contribution in [2.75, 3.05) is 23.4 Å². The number of halogens is 1. The quantitative estimate of drug-likeness (QED) is 0.469. The van der Waals surface area contributed by atoms with Crippen LogP contribution in [0, 0.1) is 0 Å². The van der Waals surface area contributed by atoms with Crippen LogP contribution in [0.5, 0.6) is 0 Å². The molecule has 2 rings (SSSR count). The van der Waals surface area contributed by atoms with Gasteiger partial charge in [0.2, 0.25) is 5.95 Å². The monoisotopic (exact) mass is 255 g/mol. The second kappa shape index (κ2) is 4.77. The van der Waals surface area contributed by atoms with Crippen molar-refractivity contribution < 1.29 is 5.11 Å². The Kier molecular flexibility index (Phi) is 3.35. The highest BCUT2D eigenvalue weighted by Gasteiger charge is 2.18. The molecule has 0 aromatic carbocycles. The zero-order chi connectivity index (χ0) is 12.4. The molecule has 0 spiro atoms. The summed E-state index contributed by atoms with van der Waals surface area (Å²) in [5, 5.41) is 12.3. The Morgan fingerprint density at radius 1 is 1.47 bits per heavy atom. The Labute approximate surface area is 104 Å². The van der Waals surface area contributed by atoms with E-state index in [1.807, 2.05) is 6.08 Å². The average molecular weight is 256 g/mol. The summed E-state index contributed by atoms with van der Waals surface area (Å²) in [4.78, 5) is 7.76. The second-order valence-corrected chi connectivity index (χ2v) is 4.29. The molecular formula is C10H14ClN5O. The first-order valence-corrected chi connectivity index (χ1v) is 5.61. The molecule has 1 atom stereocenters. The molecule has 92 valence electrons. The van der Waals surface area contributed by atoms with Gasteiger partial charge in [0.05, 0.1) is 6.61 Å². The minimum Gasteiger partial charge on any atom is -0.393 e. The van der Waals surface area contributed by atoms with Gasteiger partial charge in [-0.25, -0.2) is 0 Å². The van der Waals surface area contributed by atoms with Crippen LogP contribution in [-0.4, -0.2) is 27.7 Å². The number of aliphatic hydroxyl groups excluding tert-OH is 1. The van der Waals surface area contributed by atoms with Crippen molar-refractivity contribution in [1.82, 2.24) is 9.97 Å². The molecule has 0 unspecified atom stereocenters. The summed E-state index contributed by atoms with van der Waals surface area (Å²) in [6, 6.07) is 0.157. The second-order valence-electron chi connectivity index (χ2n) is 3.94. The number of nitrogens with one attached hydrogen (secondary N) is 1. The van der Waals surface area contributed by atoms with Gasteiger partial charge < -0.3 is 21.9 Å². The van der Waals surface area contributed by atoms with Gasteiger partial charge >= 0.3 is 0 Å². The normalized spacial score (nSPS) is 19.2. The Bertz CT molecular complexity index is 462. The van der Waals surface area contributed by atoms with Gasteiger partial charge in [-0.2, -0.15) is 9.97 Å². The van der Waals surface area contributed by atoms with Gasteiger partial charge in [-0.15, -0.1) is 0 Å². The van der Waals surface area contributed by atoms with Crippen LogP contribution in [-0.2, 0) is 0 Å². The molecule has 1 heterocycles. The molecule has 0 fully saturated rings. The van der Waals surface area contributed by atoms with Gasteiger partial charge in [0.25, 0.3) is 0 Å². The van der Waals surface area contributed by atoms with Crippen LogP contribution >= 0.6 is 11.6 Å². The molecule has 0 amide bonds. The van der Waals surface area contributed by atoms with Gasteiger partial charge in [0.1, 0.15) is 5.69 Å². The van der Waals surface area contributed by atoms with Crippen molar-refractivity contribution >= 4 is 29.1 Å². The van der Waals surface area contributed by atoms with E-state index < -0.39 is 0 Å². The van der Waals surface area contributed by atoms with E-state index in [2.05, 4.69) is 15.3 Å². The number of nitrogens with two attached hydrogens (primary N) is 2. The van der Waals surface area contributed by atoms with Crippen molar-refractivity contribution in [3.63, 3.8) is 0 Å². The van der Waals surface area contributed by atoms with Gasteiger partial charge in [-0.1, -0.05) is 17.7 Å². The van der Waals surface area contributed by atoms with E-state index >= 15 is 0 Å². The lowest BCUT2D eigenvalue weighted by Crippen LogP contribution is -2.19. The molecular weight excluding hydrogens is 242 g/mol. The van der Waals surface area contributed by atoms with E-state index in [0.717, 1.165) is 18.4 Å². The molecule has 0 aliphatic heterocycles. The van der Waals surface area contributed by atoms with Gasteiger partial charge in [0, 0.05) is 6.04 Å². The van der Waals surface area contributed by atoms with E-state index in [9.17, 15) is 0 Å². The maximum Gasteiger partial charge on any atom is 0.223 e. The smallest absolute Gasteiger partial charge is 0.223 e. The van der Waals surface area contributed by atoms with E-state index in [-0.39, 0.29) is 23.8 Å². The maximum atomic E-state index is 9.01. The summed E-state index contributed by atoms with van der Waals surface area (Å²) >= 11 is 5.81. The number of anilines is 3. The summed E-state index contributed by atoms with van der Waals surface area (Å²) in [6.45, 7) is 0.0837. The fourth-order valence-corrected chi connectivity index (χ4v) is 1.97. The Balaban J connectivity index is 2.10. The Morgan fingerprint density at radius 3 is 2.88 bits per heavy atom. The number of aliphatic hydroxyl groups is 1. The summed E-state index contributed by atoms with van der Waals surface area (Å²) in [5.41, 5.74) is 12.6. The summed E-state index contributed by atoms with van der Waals surface area (Å²) in [5.74, 6) is 0.528. The van der Waals surface area contributed by atoms with Crippen LogP contribution in [0.2, 0.25) is 5.15 Å². The predicted molar refractivity (Wildman–Crippen MR) is 67.7 cm³/mol. The van der Waals surface area contributed by atoms with Crippen molar-refractivity contribution in [3.8, 4) is 0 Å². The standard InChI is InChI=1S/C10H14ClN5O/c11-8-7(12)9(16-10(13)15-8)14-6-2-1-5(3-6)4-17/h1,6,17H,2-4,12H2,(H3,13,14,15,16)/t6-/m1/s1. The maximum absolute atomic E-state index is 9.01. The van der Waals surface area contributed by atoms with Crippen LogP contribution < -0.4 is 16.8 Å². The molecule has 1 aromatic rings. The van der Waals surface area contributed by atoms with Crippen molar-refractivity contribution in [3.05, 3.63) is 16.8 Å². The Morgan fingerprint density at radius 2 is 2.24 bits per heavy atom. The van der Waals surface area contributed by atoms with Crippen LogP contribution in [0.25, 0.3) is 0 Å². The number of aromatic nitrogens is 2. The van der Waals surface area contributed by atoms with E-state index in [1.54, 1.807) is 0 Å². The van der Waals surface area contributed by atoms with E-state index in [0.29, 0.717) is 11.5 Å². The number of nitrogens with zero attached hydrogens (tertiary/aromatic N) is 2. The lowest BCUT2D eigenvalue weighted by molar-refractivity contribution is 0.327. The first-order valence-electron chi connectivity index (χ1n) is 5.24.